The minimum atomic E-state index is -0.0719. The van der Waals surface area contributed by atoms with E-state index in [1.54, 1.807) is 0 Å². The molecule has 0 radical (unpaired) electrons. The lowest BCUT2D eigenvalue weighted by molar-refractivity contribution is -0.122. The maximum Gasteiger partial charge on any atom is 0.241 e. The first-order valence-electron chi connectivity index (χ1n) is 5.40. The topological polar surface area (TPSA) is 85.8 Å². The smallest absolute Gasteiger partial charge is 0.241 e. The molecule has 90 valence electrons. The first kappa shape index (κ1) is 12.5. The summed E-state index contributed by atoms with van der Waals surface area (Å²) in [5, 5.41) is 6.69. The van der Waals surface area contributed by atoms with Crippen molar-refractivity contribution in [3.8, 4) is 0 Å². The van der Waals surface area contributed by atoms with E-state index in [0.717, 1.165) is 0 Å². The van der Waals surface area contributed by atoms with Crippen LogP contribution in [-0.2, 0) is 11.3 Å². The molecule has 0 saturated heterocycles. The first-order chi connectivity index (χ1) is 7.49. The van der Waals surface area contributed by atoms with Gasteiger partial charge in [-0.3, -0.25) is 4.79 Å². The van der Waals surface area contributed by atoms with E-state index in [2.05, 4.69) is 36.2 Å². The van der Waals surface area contributed by atoms with Gasteiger partial charge in [-0.2, -0.15) is 0 Å². The number of hydrogen-bond donors (Lipinski definition) is 2. The molecule has 0 aliphatic heterocycles. The van der Waals surface area contributed by atoms with Crippen molar-refractivity contribution < 1.29 is 4.79 Å². The highest BCUT2D eigenvalue weighted by molar-refractivity contribution is 5.75. The number of nitrogen functional groups attached to an aromatic ring is 1. The van der Waals surface area contributed by atoms with Crippen LogP contribution in [0.1, 0.15) is 20.8 Å². The lowest BCUT2D eigenvalue weighted by Gasteiger charge is -2.15. The maximum atomic E-state index is 11.5. The van der Waals surface area contributed by atoms with E-state index < -0.39 is 0 Å². The first-order valence-corrected chi connectivity index (χ1v) is 5.40. The Balaban J connectivity index is 2.31. The van der Waals surface area contributed by atoms with Crippen LogP contribution in [0.3, 0.4) is 0 Å². The highest BCUT2D eigenvalue weighted by Crippen LogP contribution is 2.07. The third-order valence-electron chi connectivity index (χ3n) is 2.62. The summed E-state index contributed by atoms with van der Waals surface area (Å²) in [6, 6.07) is 0. The van der Waals surface area contributed by atoms with Crippen molar-refractivity contribution in [2.75, 3.05) is 12.3 Å². The minimum Gasteiger partial charge on any atom is -0.367 e. The fourth-order valence-corrected chi connectivity index (χ4v) is 1.10. The van der Waals surface area contributed by atoms with Gasteiger partial charge in [0.2, 0.25) is 11.9 Å². The predicted octanol–water partition coefficient (Wildman–Crippen LogP) is 0.269. The Morgan fingerprint density at radius 3 is 2.75 bits per heavy atom. The van der Waals surface area contributed by atoms with Crippen molar-refractivity contribution in [3.63, 3.8) is 0 Å². The van der Waals surface area contributed by atoms with Crippen molar-refractivity contribution in [1.82, 2.24) is 20.1 Å². The highest BCUT2D eigenvalue weighted by atomic mass is 16.2. The summed E-state index contributed by atoms with van der Waals surface area (Å²) in [5.41, 5.74) is 5.34. The average molecular weight is 225 g/mol. The third kappa shape index (κ3) is 3.88. The van der Waals surface area contributed by atoms with E-state index >= 15 is 0 Å². The van der Waals surface area contributed by atoms with Crippen LogP contribution in [0.2, 0.25) is 0 Å². The quantitative estimate of drug-likeness (QED) is 0.753. The summed E-state index contributed by atoms with van der Waals surface area (Å²) in [6.07, 6.45) is 1.45. The van der Waals surface area contributed by atoms with E-state index in [9.17, 15) is 4.79 Å². The maximum absolute atomic E-state index is 11.5. The Labute approximate surface area is 95.2 Å². The zero-order valence-electron chi connectivity index (χ0n) is 9.97. The van der Waals surface area contributed by atoms with Gasteiger partial charge in [0, 0.05) is 6.54 Å². The van der Waals surface area contributed by atoms with Crippen molar-refractivity contribution in [3.05, 3.63) is 6.33 Å². The molecule has 6 nitrogen and oxygen atoms in total. The summed E-state index contributed by atoms with van der Waals surface area (Å²) in [4.78, 5) is 15.3. The van der Waals surface area contributed by atoms with E-state index in [0.29, 0.717) is 18.4 Å². The average Bonchev–Trinajstić information content (AvgIpc) is 2.60. The van der Waals surface area contributed by atoms with Gasteiger partial charge < -0.3 is 11.1 Å². The SMILES string of the molecule is CC(C)C(C)CNC(=O)Cn1cnc(N)n1. The second kappa shape index (κ2) is 5.48. The minimum absolute atomic E-state index is 0.0719. The number of nitrogens with zero attached hydrogens (tertiary/aromatic N) is 3. The Bertz CT molecular complexity index is 347. The molecule has 0 aliphatic carbocycles. The molecule has 0 bridgehead atoms. The molecule has 1 aromatic heterocycles. The number of anilines is 1. The van der Waals surface area contributed by atoms with Crippen LogP contribution in [0.4, 0.5) is 5.95 Å². The van der Waals surface area contributed by atoms with Gasteiger partial charge in [0.1, 0.15) is 12.9 Å². The number of aromatic nitrogens is 3. The van der Waals surface area contributed by atoms with Gasteiger partial charge in [-0.25, -0.2) is 9.67 Å². The Morgan fingerprint density at radius 1 is 1.56 bits per heavy atom. The van der Waals surface area contributed by atoms with Gasteiger partial charge in [-0.15, -0.1) is 5.10 Å². The molecular weight excluding hydrogens is 206 g/mol. The molecule has 1 unspecified atom stereocenters. The predicted molar refractivity (Wildman–Crippen MR) is 61.4 cm³/mol. The standard InChI is InChI=1S/C10H19N5O/c1-7(2)8(3)4-12-9(16)5-15-6-13-10(11)14-15/h6-8H,4-5H2,1-3H3,(H2,11,14)(H,12,16). The molecule has 16 heavy (non-hydrogen) atoms. The van der Waals surface area contributed by atoms with Crippen LogP contribution in [-0.4, -0.2) is 27.2 Å². The van der Waals surface area contributed by atoms with Crippen LogP contribution in [0.5, 0.6) is 0 Å². The molecule has 1 aromatic rings. The molecule has 0 saturated carbocycles. The molecule has 3 N–H and O–H groups in total. The summed E-state index contributed by atoms with van der Waals surface area (Å²) in [7, 11) is 0. The van der Waals surface area contributed by atoms with Crippen LogP contribution >= 0.6 is 0 Å². The number of carbonyl (C=O) groups excluding carboxylic acids is 1. The Hall–Kier alpha value is -1.59. The molecule has 0 aliphatic rings. The monoisotopic (exact) mass is 225 g/mol. The van der Waals surface area contributed by atoms with Crippen molar-refractivity contribution >= 4 is 11.9 Å². The molecule has 0 aromatic carbocycles. The lowest BCUT2D eigenvalue weighted by atomic mass is 9.98. The van der Waals surface area contributed by atoms with Gasteiger partial charge >= 0.3 is 0 Å². The van der Waals surface area contributed by atoms with E-state index in [1.807, 2.05) is 0 Å². The zero-order valence-corrected chi connectivity index (χ0v) is 9.97. The number of carbonyl (C=O) groups is 1. The largest absolute Gasteiger partial charge is 0.367 e. The van der Waals surface area contributed by atoms with E-state index in [4.69, 9.17) is 5.73 Å². The third-order valence-corrected chi connectivity index (χ3v) is 2.62. The van der Waals surface area contributed by atoms with Gasteiger partial charge in [0.05, 0.1) is 0 Å². The second-order valence-corrected chi connectivity index (χ2v) is 4.33. The van der Waals surface area contributed by atoms with Gasteiger partial charge in [0.15, 0.2) is 0 Å². The molecule has 0 spiro atoms. The van der Waals surface area contributed by atoms with Crippen molar-refractivity contribution in [2.24, 2.45) is 11.8 Å². The molecule has 1 amide bonds. The van der Waals surface area contributed by atoms with Gasteiger partial charge in [-0.05, 0) is 11.8 Å². The fraction of sp³-hybridized carbons (Fsp3) is 0.700. The number of rotatable bonds is 5. The number of amides is 1. The molecule has 0 fully saturated rings. The zero-order chi connectivity index (χ0) is 12.1. The van der Waals surface area contributed by atoms with Gasteiger partial charge in [0.25, 0.3) is 0 Å². The Kier molecular flexibility index (Phi) is 4.28. The van der Waals surface area contributed by atoms with Gasteiger partial charge in [-0.1, -0.05) is 20.8 Å². The summed E-state index contributed by atoms with van der Waals surface area (Å²) >= 11 is 0. The van der Waals surface area contributed by atoms with E-state index in [1.165, 1.54) is 11.0 Å². The van der Waals surface area contributed by atoms with Crippen LogP contribution in [0, 0.1) is 11.8 Å². The highest BCUT2D eigenvalue weighted by Gasteiger charge is 2.09. The van der Waals surface area contributed by atoms with Crippen molar-refractivity contribution in [2.45, 2.75) is 27.3 Å². The van der Waals surface area contributed by atoms with Crippen molar-refractivity contribution in [1.29, 1.82) is 0 Å². The van der Waals surface area contributed by atoms with Crippen LogP contribution < -0.4 is 11.1 Å². The molecule has 1 atom stereocenters. The normalized spacial score (nSPS) is 12.8. The molecule has 1 rings (SSSR count). The summed E-state index contributed by atoms with van der Waals surface area (Å²) < 4.78 is 1.42. The number of nitrogens with one attached hydrogen (secondary N) is 1. The molecule has 1 heterocycles. The summed E-state index contributed by atoms with van der Waals surface area (Å²) in [5.74, 6) is 1.13. The number of hydrogen-bond acceptors (Lipinski definition) is 4. The lowest BCUT2D eigenvalue weighted by Crippen LogP contribution is -2.32. The van der Waals surface area contributed by atoms with Crippen LogP contribution in [0.25, 0.3) is 0 Å². The number of nitrogens with two attached hydrogens (primary N) is 1. The van der Waals surface area contributed by atoms with Crippen LogP contribution in [0.15, 0.2) is 6.33 Å². The fourth-order valence-electron chi connectivity index (χ4n) is 1.10. The Morgan fingerprint density at radius 2 is 2.25 bits per heavy atom. The summed E-state index contributed by atoms with van der Waals surface area (Å²) in [6.45, 7) is 7.22. The second-order valence-electron chi connectivity index (χ2n) is 4.33. The molecular formula is C10H19N5O. The van der Waals surface area contributed by atoms with E-state index in [-0.39, 0.29) is 18.4 Å². The molecule has 6 heteroatoms.